The summed E-state index contributed by atoms with van der Waals surface area (Å²) in [6.45, 7) is 7.12. The minimum atomic E-state index is -0.0515. The first-order valence-electron chi connectivity index (χ1n) is 11.1. The van der Waals surface area contributed by atoms with E-state index >= 15 is 0 Å². The lowest BCUT2D eigenvalue weighted by atomic mass is 10.0. The van der Waals surface area contributed by atoms with E-state index < -0.39 is 0 Å². The van der Waals surface area contributed by atoms with Crippen LogP contribution in [0.5, 0.6) is 5.75 Å². The van der Waals surface area contributed by atoms with Crippen molar-refractivity contribution in [2.75, 3.05) is 33.3 Å². The predicted molar refractivity (Wildman–Crippen MR) is 130 cm³/mol. The number of piperazine rings is 1. The Hall–Kier alpha value is -2.67. The summed E-state index contributed by atoms with van der Waals surface area (Å²) < 4.78 is 5.20. The molecule has 0 radical (unpaired) electrons. The van der Waals surface area contributed by atoms with Crippen LogP contribution < -0.4 is 10.1 Å². The van der Waals surface area contributed by atoms with Gasteiger partial charge in [0.2, 0.25) is 0 Å². The molecule has 0 saturated carbocycles. The highest BCUT2D eigenvalue weighted by molar-refractivity contribution is 7.10. The van der Waals surface area contributed by atoms with Crippen molar-refractivity contribution in [2.24, 2.45) is 0 Å². The van der Waals surface area contributed by atoms with Crippen LogP contribution in [0.3, 0.4) is 0 Å². The molecule has 168 valence electrons. The second kappa shape index (κ2) is 10.8. The first kappa shape index (κ1) is 22.5. The number of hydrogen-bond donors (Lipinski definition) is 1. The van der Waals surface area contributed by atoms with Gasteiger partial charge in [-0.1, -0.05) is 36.4 Å². The maximum absolute atomic E-state index is 12.9. The van der Waals surface area contributed by atoms with Crippen LogP contribution in [0.1, 0.15) is 33.8 Å². The second-order valence-corrected chi connectivity index (χ2v) is 9.23. The van der Waals surface area contributed by atoms with Gasteiger partial charge in [0.05, 0.1) is 13.2 Å². The Bertz CT molecular complexity index is 968. The Morgan fingerprint density at radius 1 is 1.00 bits per heavy atom. The fourth-order valence-electron chi connectivity index (χ4n) is 4.35. The minimum Gasteiger partial charge on any atom is -0.497 e. The van der Waals surface area contributed by atoms with E-state index in [4.69, 9.17) is 4.74 Å². The summed E-state index contributed by atoms with van der Waals surface area (Å²) in [5.74, 6) is 0.698. The lowest BCUT2D eigenvalue weighted by Crippen LogP contribution is -2.52. The topological polar surface area (TPSA) is 44.8 Å². The number of benzene rings is 2. The second-order valence-electron chi connectivity index (χ2n) is 8.25. The van der Waals surface area contributed by atoms with Gasteiger partial charge in [0.15, 0.2) is 0 Å². The van der Waals surface area contributed by atoms with Gasteiger partial charge in [-0.05, 0) is 48.2 Å². The summed E-state index contributed by atoms with van der Waals surface area (Å²) in [6, 6.07) is 22.3. The Balaban J connectivity index is 1.40. The number of nitrogens with one attached hydrogen (secondary N) is 1. The quantitative estimate of drug-likeness (QED) is 0.552. The first-order valence-corrected chi connectivity index (χ1v) is 12.0. The lowest BCUT2D eigenvalue weighted by molar-refractivity contribution is 0.0714. The van der Waals surface area contributed by atoms with Crippen LogP contribution in [0.25, 0.3) is 0 Å². The SMILES string of the molecule is COc1ccc(C(=O)N[C@@H](C)[C@@H](c2cccs2)N2CCN(Cc3ccccc3)CC2)cc1. The molecule has 0 spiro atoms. The Morgan fingerprint density at radius 2 is 1.72 bits per heavy atom. The van der Waals surface area contributed by atoms with Gasteiger partial charge >= 0.3 is 0 Å². The third-order valence-corrected chi connectivity index (χ3v) is 7.01. The van der Waals surface area contributed by atoms with Gasteiger partial charge in [-0.2, -0.15) is 0 Å². The van der Waals surface area contributed by atoms with Gasteiger partial charge in [0, 0.05) is 49.2 Å². The number of carbonyl (C=O) groups excluding carboxylic acids is 1. The van der Waals surface area contributed by atoms with Gasteiger partial charge in [-0.3, -0.25) is 14.6 Å². The van der Waals surface area contributed by atoms with Gasteiger partial charge in [0.25, 0.3) is 5.91 Å². The molecule has 1 fully saturated rings. The molecule has 0 aliphatic carbocycles. The summed E-state index contributed by atoms with van der Waals surface area (Å²) in [4.78, 5) is 19.2. The van der Waals surface area contributed by atoms with Crippen molar-refractivity contribution in [3.05, 3.63) is 88.1 Å². The zero-order valence-corrected chi connectivity index (χ0v) is 19.6. The van der Waals surface area contributed by atoms with E-state index in [1.165, 1.54) is 10.4 Å². The first-order chi connectivity index (χ1) is 15.6. The smallest absolute Gasteiger partial charge is 0.251 e. The Morgan fingerprint density at radius 3 is 2.34 bits per heavy atom. The van der Waals surface area contributed by atoms with Crippen molar-refractivity contribution in [3.63, 3.8) is 0 Å². The summed E-state index contributed by atoms with van der Waals surface area (Å²) in [7, 11) is 1.63. The molecule has 1 saturated heterocycles. The van der Waals surface area contributed by atoms with Crippen LogP contribution in [0, 0.1) is 0 Å². The van der Waals surface area contributed by atoms with Crippen LogP contribution in [-0.2, 0) is 6.54 Å². The Kier molecular flexibility index (Phi) is 7.58. The van der Waals surface area contributed by atoms with Crippen LogP contribution in [0.4, 0.5) is 0 Å². The van der Waals surface area contributed by atoms with Gasteiger partial charge in [0.1, 0.15) is 5.75 Å². The van der Waals surface area contributed by atoms with Crippen molar-refractivity contribution in [1.29, 1.82) is 0 Å². The fraction of sp³-hybridized carbons (Fsp3) is 0.346. The van der Waals surface area contributed by atoms with E-state index in [1.807, 2.05) is 24.3 Å². The summed E-state index contributed by atoms with van der Waals surface area (Å²) in [6.07, 6.45) is 0. The molecule has 6 heteroatoms. The van der Waals surface area contributed by atoms with E-state index in [0.29, 0.717) is 5.56 Å². The highest BCUT2D eigenvalue weighted by Crippen LogP contribution is 2.30. The van der Waals surface area contributed by atoms with E-state index in [0.717, 1.165) is 38.5 Å². The number of carbonyl (C=O) groups is 1. The van der Waals surface area contributed by atoms with E-state index in [-0.39, 0.29) is 18.0 Å². The number of amides is 1. The van der Waals surface area contributed by atoms with Crippen LogP contribution in [-0.4, -0.2) is 55.0 Å². The highest BCUT2D eigenvalue weighted by atomic mass is 32.1. The molecule has 0 bridgehead atoms. The third kappa shape index (κ3) is 5.57. The maximum atomic E-state index is 12.9. The number of thiophene rings is 1. The maximum Gasteiger partial charge on any atom is 0.251 e. The zero-order valence-electron chi connectivity index (χ0n) is 18.7. The van der Waals surface area contributed by atoms with Crippen molar-refractivity contribution in [3.8, 4) is 5.75 Å². The van der Waals surface area contributed by atoms with Crippen molar-refractivity contribution in [1.82, 2.24) is 15.1 Å². The normalized spacial score (nSPS) is 16.9. The van der Waals surface area contributed by atoms with Gasteiger partial charge in [-0.15, -0.1) is 11.3 Å². The van der Waals surface area contributed by atoms with Crippen molar-refractivity contribution < 1.29 is 9.53 Å². The standard InChI is InChI=1S/C26H31N3O2S/c1-20(27-26(30)22-10-12-23(31-2)13-11-22)25(24-9-6-18-32-24)29-16-14-28(15-17-29)19-21-7-4-3-5-8-21/h3-13,18,20,25H,14-17,19H2,1-2H3,(H,27,30)/t20-,25-/m0/s1. The predicted octanol–water partition coefficient (Wildman–Crippen LogP) is 4.43. The third-order valence-electron chi connectivity index (χ3n) is 6.07. The van der Waals surface area contributed by atoms with Gasteiger partial charge in [-0.25, -0.2) is 0 Å². The largest absolute Gasteiger partial charge is 0.497 e. The molecule has 1 N–H and O–H groups in total. The van der Waals surface area contributed by atoms with Crippen LogP contribution in [0.15, 0.2) is 72.1 Å². The molecule has 1 aliphatic heterocycles. The molecule has 4 rings (SSSR count). The molecule has 1 amide bonds. The molecular weight excluding hydrogens is 418 g/mol. The van der Waals surface area contributed by atoms with E-state index in [1.54, 1.807) is 18.4 Å². The number of rotatable bonds is 8. The van der Waals surface area contributed by atoms with E-state index in [9.17, 15) is 4.79 Å². The summed E-state index contributed by atoms with van der Waals surface area (Å²) in [5.41, 5.74) is 2.01. The number of hydrogen-bond acceptors (Lipinski definition) is 5. The number of ether oxygens (including phenoxy) is 1. The molecule has 1 aromatic heterocycles. The fourth-order valence-corrected chi connectivity index (χ4v) is 5.32. The lowest BCUT2D eigenvalue weighted by Gasteiger charge is -2.41. The monoisotopic (exact) mass is 449 g/mol. The van der Waals surface area contributed by atoms with E-state index in [2.05, 4.69) is 69.9 Å². The molecule has 0 unspecified atom stereocenters. The minimum absolute atomic E-state index is 0.0103. The molecule has 1 aliphatic rings. The highest BCUT2D eigenvalue weighted by Gasteiger charge is 2.31. The van der Waals surface area contributed by atoms with Gasteiger partial charge < -0.3 is 10.1 Å². The molecule has 32 heavy (non-hydrogen) atoms. The molecule has 2 aromatic carbocycles. The number of nitrogens with zero attached hydrogens (tertiary/aromatic N) is 2. The molecule has 2 heterocycles. The van der Waals surface area contributed by atoms with Crippen molar-refractivity contribution in [2.45, 2.75) is 25.6 Å². The Labute approximate surface area is 194 Å². The molecule has 2 atom stereocenters. The van der Waals surface area contributed by atoms with Crippen LogP contribution >= 0.6 is 11.3 Å². The number of methoxy groups -OCH3 is 1. The van der Waals surface area contributed by atoms with Crippen molar-refractivity contribution >= 4 is 17.2 Å². The molecule has 5 nitrogen and oxygen atoms in total. The average molecular weight is 450 g/mol. The summed E-state index contributed by atoms with van der Waals surface area (Å²) in [5, 5.41) is 5.36. The summed E-state index contributed by atoms with van der Waals surface area (Å²) >= 11 is 1.76. The average Bonchev–Trinajstić information content (AvgIpc) is 3.35. The molecular formula is C26H31N3O2S. The van der Waals surface area contributed by atoms with Crippen LogP contribution in [0.2, 0.25) is 0 Å². The zero-order chi connectivity index (χ0) is 22.3. The molecule has 3 aromatic rings.